The molecule has 2 rings (SSSR count). The molecule has 0 saturated carbocycles. The van der Waals surface area contributed by atoms with Crippen LogP contribution in [0.15, 0.2) is 39.8 Å². The Morgan fingerprint density at radius 2 is 2.14 bits per heavy atom. The maximum atomic E-state index is 13.1. The van der Waals surface area contributed by atoms with Crippen LogP contribution in [-0.2, 0) is 0 Å². The number of phenols is 1. The van der Waals surface area contributed by atoms with Gasteiger partial charge in [0.25, 0.3) is 0 Å². The number of halogens is 3. The Morgan fingerprint density at radius 1 is 1.38 bits per heavy atom. The Hall–Kier alpha value is -1.59. The first-order valence-corrected chi connectivity index (χ1v) is 7.32. The molecule has 0 aromatic heterocycles. The van der Waals surface area contributed by atoms with Crippen molar-refractivity contribution in [2.45, 2.75) is 6.92 Å². The summed E-state index contributed by atoms with van der Waals surface area (Å²) in [4.78, 5) is 4.17. The molecule has 0 atom stereocenters. The molecule has 0 heterocycles. The van der Waals surface area contributed by atoms with E-state index < -0.39 is 5.82 Å². The van der Waals surface area contributed by atoms with Crippen molar-refractivity contribution in [3.05, 3.63) is 51.2 Å². The number of benzene rings is 2. The maximum Gasteiger partial charge on any atom is 0.166 e. The quantitative estimate of drug-likeness (QED) is 0.759. The molecule has 110 valence electrons. The van der Waals surface area contributed by atoms with Crippen LogP contribution in [0.2, 0.25) is 5.02 Å². The van der Waals surface area contributed by atoms with Crippen LogP contribution in [0.3, 0.4) is 0 Å². The highest BCUT2D eigenvalue weighted by molar-refractivity contribution is 9.10. The van der Waals surface area contributed by atoms with E-state index >= 15 is 0 Å². The second-order valence-electron chi connectivity index (χ2n) is 4.13. The van der Waals surface area contributed by atoms with E-state index in [-0.39, 0.29) is 10.8 Å². The van der Waals surface area contributed by atoms with Crippen molar-refractivity contribution in [2.24, 2.45) is 4.99 Å². The molecule has 0 aliphatic heterocycles. The van der Waals surface area contributed by atoms with Crippen LogP contribution in [0, 0.1) is 5.82 Å². The van der Waals surface area contributed by atoms with Crippen LogP contribution in [0.5, 0.6) is 11.5 Å². The summed E-state index contributed by atoms with van der Waals surface area (Å²) in [6.07, 6.45) is 1.46. The zero-order valence-corrected chi connectivity index (χ0v) is 13.4. The number of phenolic OH excluding ortho intramolecular Hbond substituents is 1. The van der Waals surface area contributed by atoms with E-state index in [4.69, 9.17) is 16.3 Å². The first-order valence-electron chi connectivity index (χ1n) is 6.15. The summed E-state index contributed by atoms with van der Waals surface area (Å²) in [5.41, 5.74) is 0.965. The maximum absolute atomic E-state index is 13.1. The number of ether oxygens (including phenoxy) is 1. The molecule has 0 saturated heterocycles. The second kappa shape index (κ2) is 6.91. The fraction of sp³-hybridized carbons (Fsp3) is 0.133. The third-order valence-corrected chi connectivity index (χ3v) is 3.37. The van der Waals surface area contributed by atoms with E-state index in [1.807, 2.05) is 6.92 Å². The van der Waals surface area contributed by atoms with Gasteiger partial charge in [-0.1, -0.05) is 27.5 Å². The molecular formula is C15H12BrClFNO2. The van der Waals surface area contributed by atoms with Gasteiger partial charge in [0.2, 0.25) is 0 Å². The van der Waals surface area contributed by atoms with E-state index in [9.17, 15) is 9.50 Å². The average Bonchev–Trinajstić information content (AvgIpc) is 2.44. The van der Waals surface area contributed by atoms with Gasteiger partial charge in [-0.05, 0) is 37.3 Å². The van der Waals surface area contributed by atoms with Gasteiger partial charge in [0.05, 0.1) is 17.3 Å². The minimum Gasteiger partial charge on any atom is -0.504 e. The molecule has 0 radical (unpaired) electrons. The number of aliphatic imine (C=N–C) groups is 1. The Bertz CT molecular complexity index is 692. The van der Waals surface area contributed by atoms with Crippen LogP contribution < -0.4 is 4.74 Å². The van der Waals surface area contributed by atoms with Gasteiger partial charge in [-0.2, -0.15) is 0 Å². The predicted octanol–water partition coefficient (Wildman–Crippen LogP) is 5.10. The minimum atomic E-state index is -0.500. The molecule has 0 fully saturated rings. The van der Waals surface area contributed by atoms with Crippen molar-refractivity contribution in [3.8, 4) is 11.5 Å². The summed E-state index contributed by atoms with van der Waals surface area (Å²) < 4.78 is 19.2. The second-order valence-corrected chi connectivity index (χ2v) is 5.45. The molecule has 6 heteroatoms. The van der Waals surface area contributed by atoms with Gasteiger partial charge in [0.15, 0.2) is 11.5 Å². The summed E-state index contributed by atoms with van der Waals surface area (Å²) in [6, 6.07) is 7.51. The van der Waals surface area contributed by atoms with Gasteiger partial charge < -0.3 is 9.84 Å². The topological polar surface area (TPSA) is 41.8 Å². The van der Waals surface area contributed by atoms with Gasteiger partial charge in [-0.15, -0.1) is 0 Å². The van der Waals surface area contributed by atoms with Crippen LogP contribution in [-0.4, -0.2) is 17.9 Å². The summed E-state index contributed by atoms with van der Waals surface area (Å²) >= 11 is 9.03. The van der Waals surface area contributed by atoms with Gasteiger partial charge in [0, 0.05) is 16.3 Å². The Kier molecular flexibility index (Phi) is 5.20. The standard InChI is InChI=1S/C15H12BrClFNO2/c1-2-21-14-6-10(16)5-9(15(14)20)8-19-11-3-4-13(18)12(17)7-11/h3-8,20H,2H2,1H3. The minimum absolute atomic E-state index is 0.00174. The van der Waals surface area contributed by atoms with Crippen LogP contribution in [0.4, 0.5) is 10.1 Å². The smallest absolute Gasteiger partial charge is 0.166 e. The monoisotopic (exact) mass is 371 g/mol. The lowest BCUT2D eigenvalue weighted by Gasteiger charge is -2.08. The summed E-state index contributed by atoms with van der Waals surface area (Å²) in [5.74, 6) is -0.137. The number of hydrogen-bond acceptors (Lipinski definition) is 3. The van der Waals surface area contributed by atoms with E-state index in [0.29, 0.717) is 23.6 Å². The highest BCUT2D eigenvalue weighted by Gasteiger charge is 2.09. The Labute approximate surface area is 135 Å². The highest BCUT2D eigenvalue weighted by atomic mass is 79.9. The van der Waals surface area contributed by atoms with Crippen molar-refractivity contribution in [1.29, 1.82) is 0 Å². The lowest BCUT2D eigenvalue weighted by molar-refractivity contribution is 0.317. The van der Waals surface area contributed by atoms with Crippen molar-refractivity contribution < 1.29 is 14.2 Å². The van der Waals surface area contributed by atoms with Crippen molar-refractivity contribution in [2.75, 3.05) is 6.61 Å². The van der Waals surface area contributed by atoms with Crippen molar-refractivity contribution in [1.82, 2.24) is 0 Å². The molecule has 0 unspecified atom stereocenters. The molecule has 21 heavy (non-hydrogen) atoms. The molecule has 0 amide bonds. The third kappa shape index (κ3) is 3.95. The zero-order chi connectivity index (χ0) is 15.4. The Morgan fingerprint density at radius 3 is 2.81 bits per heavy atom. The molecular weight excluding hydrogens is 361 g/mol. The molecule has 0 aliphatic carbocycles. The van der Waals surface area contributed by atoms with Crippen molar-refractivity contribution in [3.63, 3.8) is 0 Å². The van der Waals surface area contributed by atoms with E-state index in [1.165, 1.54) is 24.4 Å². The fourth-order valence-electron chi connectivity index (χ4n) is 1.67. The molecule has 0 aliphatic rings. The lowest BCUT2D eigenvalue weighted by Crippen LogP contribution is -1.94. The lowest BCUT2D eigenvalue weighted by atomic mass is 10.2. The largest absolute Gasteiger partial charge is 0.504 e. The highest BCUT2D eigenvalue weighted by Crippen LogP contribution is 2.33. The average molecular weight is 373 g/mol. The van der Waals surface area contributed by atoms with E-state index in [2.05, 4.69) is 20.9 Å². The first-order chi connectivity index (χ1) is 10.0. The van der Waals surface area contributed by atoms with Crippen LogP contribution in [0.1, 0.15) is 12.5 Å². The van der Waals surface area contributed by atoms with Gasteiger partial charge in [-0.25, -0.2) is 4.39 Å². The molecule has 0 spiro atoms. The summed E-state index contributed by atoms with van der Waals surface area (Å²) in [5, 5.41) is 10.1. The third-order valence-electron chi connectivity index (χ3n) is 2.62. The summed E-state index contributed by atoms with van der Waals surface area (Å²) in [7, 11) is 0. The van der Waals surface area contributed by atoms with Gasteiger partial charge in [-0.3, -0.25) is 4.99 Å². The number of aromatic hydroxyl groups is 1. The number of rotatable bonds is 4. The van der Waals surface area contributed by atoms with Gasteiger partial charge in [0.1, 0.15) is 5.82 Å². The molecule has 2 aromatic carbocycles. The van der Waals surface area contributed by atoms with E-state index in [1.54, 1.807) is 12.1 Å². The Balaban J connectivity index is 2.33. The molecule has 1 N–H and O–H groups in total. The van der Waals surface area contributed by atoms with Crippen LogP contribution in [0.25, 0.3) is 0 Å². The SMILES string of the molecule is CCOc1cc(Br)cc(C=Nc2ccc(F)c(Cl)c2)c1O. The van der Waals surface area contributed by atoms with Crippen molar-refractivity contribution >= 4 is 39.4 Å². The normalized spacial score (nSPS) is 11.0. The number of hydrogen-bond donors (Lipinski definition) is 1. The van der Waals surface area contributed by atoms with Gasteiger partial charge >= 0.3 is 0 Å². The summed E-state index contributed by atoms with van der Waals surface area (Å²) in [6.45, 7) is 2.27. The molecule has 3 nitrogen and oxygen atoms in total. The zero-order valence-electron chi connectivity index (χ0n) is 11.1. The fourth-order valence-corrected chi connectivity index (χ4v) is 2.30. The number of nitrogens with zero attached hydrogens (tertiary/aromatic N) is 1. The first kappa shape index (κ1) is 15.8. The van der Waals surface area contributed by atoms with Crippen LogP contribution >= 0.6 is 27.5 Å². The van der Waals surface area contributed by atoms with E-state index in [0.717, 1.165) is 4.47 Å². The predicted molar refractivity (Wildman–Crippen MR) is 85.6 cm³/mol. The molecule has 2 aromatic rings. The molecule has 0 bridgehead atoms.